The molecule has 5 aromatic rings. The molecule has 0 aromatic heterocycles. The molecular weight excluding hydrogens is 1660 g/mol. The maximum atomic E-state index is 12.0. The van der Waals surface area contributed by atoms with E-state index in [2.05, 4.69) is 66.2 Å². The zero-order valence-electron chi connectivity index (χ0n) is 73.1. The van der Waals surface area contributed by atoms with Gasteiger partial charge < -0.3 is 102 Å². The normalized spacial score (nSPS) is 17.5. The Morgan fingerprint density at radius 2 is 0.781 bits per heavy atom. The number of hydrogen-bond acceptors (Lipinski definition) is 21. The van der Waals surface area contributed by atoms with E-state index in [4.69, 9.17) is 79.6 Å². The van der Waals surface area contributed by atoms with Gasteiger partial charge in [0.2, 0.25) is 17.6 Å². The molecule has 8 atom stereocenters. The van der Waals surface area contributed by atoms with E-state index in [1.807, 2.05) is 71.1 Å². The summed E-state index contributed by atoms with van der Waals surface area (Å²) in [4.78, 5) is 158. The van der Waals surface area contributed by atoms with Crippen molar-refractivity contribution >= 4 is 82.9 Å². The van der Waals surface area contributed by atoms with Crippen LogP contribution in [0.15, 0.2) is 163 Å². The van der Waals surface area contributed by atoms with E-state index in [0.29, 0.717) is 35.5 Å². The summed E-state index contributed by atoms with van der Waals surface area (Å²) in [6.45, 7) is 9.70. The number of aliphatic carboxylic acids is 3. The lowest BCUT2D eigenvalue weighted by atomic mass is 9.82. The Kier molecular flexibility index (Phi) is 49.2. The molecule has 8 unspecified atom stereocenters. The molecule has 680 valence electrons. The quantitative estimate of drug-likeness (QED) is 0.00913. The average Bonchev–Trinajstić information content (AvgIpc) is 1.62. The van der Waals surface area contributed by atoms with Gasteiger partial charge in [0.25, 0.3) is 41.2 Å². The minimum absolute atomic E-state index is 0.0457. The van der Waals surface area contributed by atoms with Crippen molar-refractivity contribution in [2.24, 2.45) is 47.3 Å². The number of ether oxygens (including phenoxy) is 6. The third-order valence-electron chi connectivity index (χ3n) is 18.9. The van der Waals surface area contributed by atoms with E-state index >= 15 is 0 Å². The van der Waals surface area contributed by atoms with Crippen molar-refractivity contribution in [1.29, 1.82) is 0 Å². The van der Waals surface area contributed by atoms with Gasteiger partial charge in [-0.25, -0.2) is 14.4 Å². The highest BCUT2D eigenvalue weighted by Crippen LogP contribution is 2.49. The summed E-state index contributed by atoms with van der Waals surface area (Å²) in [6, 6.07) is 23.4. The van der Waals surface area contributed by atoms with Gasteiger partial charge in [0.1, 0.15) is 19.8 Å². The second-order valence-corrected chi connectivity index (χ2v) is 26.6. The van der Waals surface area contributed by atoms with Crippen molar-refractivity contribution in [2.45, 2.75) is 47.5 Å². The van der Waals surface area contributed by atoms with Crippen LogP contribution in [0.25, 0.3) is 0 Å². The monoisotopic (exact) mass is 1760 g/mol. The number of carbonyl (C=O) groups is 14. The first-order valence-electron chi connectivity index (χ1n) is 39.4. The number of likely N-dealkylation sites (N-methyl/N-ethyl adjacent to an activating group) is 1. The first-order chi connectivity index (χ1) is 61.2. The summed E-state index contributed by atoms with van der Waals surface area (Å²) < 4.78 is 31.4. The number of carboxylic acid groups (broad SMARTS) is 5. The molecule has 1 heterocycles. The number of aryl methyl sites for hydroxylation is 1. The van der Waals surface area contributed by atoms with Gasteiger partial charge in [-0.15, -0.1) is 25.7 Å². The Balaban J connectivity index is 0.000000500. The van der Waals surface area contributed by atoms with Gasteiger partial charge in [0.15, 0.2) is 30.9 Å². The Hall–Kier alpha value is -15.4. The third kappa shape index (κ3) is 33.0. The van der Waals surface area contributed by atoms with Crippen molar-refractivity contribution in [3.8, 4) is 60.9 Å². The molecule has 1 aliphatic heterocycles. The van der Waals surface area contributed by atoms with Crippen molar-refractivity contribution < 1.29 is 126 Å². The van der Waals surface area contributed by atoms with E-state index in [9.17, 15) is 72.2 Å². The zero-order valence-corrected chi connectivity index (χ0v) is 73.1. The number of rotatable bonds is 25. The number of benzene rings is 5. The van der Waals surface area contributed by atoms with E-state index in [-0.39, 0.29) is 142 Å². The Bertz CT molecular complexity index is 5070. The van der Waals surface area contributed by atoms with Gasteiger partial charge in [-0.3, -0.25) is 52.7 Å². The summed E-state index contributed by atoms with van der Waals surface area (Å²) in [5.41, 5.74) is 4.83. The summed E-state index contributed by atoms with van der Waals surface area (Å²) >= 11 is 0. The molecule has 2 saturated carbocycles. The van der Waals surface area contributed by atoms with Crippen LogP contribution < -0.4 is 52.0 Å². The lowest BCUT2D eigenvalue weighted by molar-refractivity contribution is -0.148. The van der Waals surface area contributed by atoms with Gasteiger partial charge in [-0.05, 0) is 166 Å². The van der Waals surface area contributed by atoms with Gasteiger partial charge >= 0.3 is 29.8 Å². The number of aliphatic hydroxyl groups is 1. The SMILES string of the molecule is C#Cc1ccc(C(=O)NC)c(C(=O)CO)c1.C#Cc1ccc(C(=O)NC)c(C(=O)O)c1.C#Cc1ccc(C(=O)NC)cc1.C#Cc1ccc(C(=O)NC)cc1C.CC.CC=CCOCOc1cc(C(=O)O)c(C(=O)NC)cc1OCOCC=CC.CNC(=O)/C1=C(\C(=O)O)OC/C=C\CO1.CNC(=O)C1C2C=CC(C2)C1C(=O)O.CNC(=O)C1C2C=CC(C2)C1C(=O)O. The molecule has 4 bridgehead atoms. The Morgan fingerprint density at radius 3 is 1.15 bits per heavy atom. The summed E-state index contributed by atoms with van der Waals surface area (Å²) in [6.07, 6.45) is 40.7. The second-order valence-electron chi connectivity index (χ2n) is 26.6. The highest BCUT2D eigenvalue weighted by atomic mass is 16.7. The number of aromatic carboxylic acids is 2. The largest absolute Gasteiger partial charge is 0.481 e. The molecule has 5 aliphatic rings. The summed E-state index contributed by atoms with van der Waals surface area (Å²) in [7, 11) is 12.0. The molecule has 2 fully saturated rings. The van der Waals surface area contributed by atoms with Gasteiger partial charge in [-0.1, -0.05) is 86.1 Å². The topological polar surface area (TPSA) is 512 Å². The van der Waals surface area contributed by atoms with Crippen LogP contribution >= 0.6 is 0 Å². The van der Waals surface area contributed by atoms with Crippen LogP contribution in [-0.4, -0.2) is 217 Å². The summed E-state index contributed by atoms with van der Waals surface area (Å²) in [5.74, 6) is -0.681. The van der Waals surface area contributed by atoms with Crippen LogP contribution in [-0.2, 0) is 47.7 Å². The minimum Gasteiger partial charge on any atom is -0.481 e. The number of fused-ring (bicyclic) bond motifs is 4. The summed E-state index contributed by atoms with van der Waals surface area (Å²) in [5, 5.41) is 73.6. The maximum Gasteiger partial charge on any atom is 0.375 e. The number of amides is 8. The van der Waals surface area contributed by atoms with Gasteiger partial charge in [0.05, 0.1) is 64.7 Å². The number of allylic oxidation sites excluding steroid dienone is 6. The smallest absolute Gasteiger partial charge is 0.375 e. The van der Waals surface area contributed by atoms with E-state index < -0.39 is 77.6 Å². The van der Waals surface area contributed by atoms with Crippen LogP contribution in [0.1, 0.15) is 151 Å². The van der Waals surface area contributed by atoms with Crippen LogP contribution in [0.2, 0.25) is 0 Å². The predicted octanol–water partition coefficient (Wildman–Crippen LogP) is 7.06. The van der Waals surface area contributed by atoms with E-state index in [1.165, 1.54) is 70.7 Å². The first-order valence-corrected chi connectivity index (χ1v) is 39.4. The van der Waals surface area contributed by atoms with Crippen molar-refractivity contribution in [2.75, 3.05) is 103 Å². The molecule has 5 aromatic carbocycles. The fourth-order valence-corrected chi connectivity index (χ4v) is 12.7. The number of carbonyl (C=O) groups excluding carboxylic acids is 9. The number of terminal acetylenes is 4. The van der Waals surface area contributed by atoms with E-state index in [1.54, 1.807) is 101 Å². The highest BCUT2D eigenvalue weighted by Gasteiger charge is 2.52. The molecular formula is C94H108N8O26. The molecule has 4 aliphatic carbocycles. The van der Waals surface area contributed by atoms with Crippen molar-refractivity contribution in [1.82, 2.24) is 42.5 Å². The molecule has 8 amide bonds. The second kappa shape index (κ2) is 57.9. The Labute approximate surface area is 742 Å². The van der Waals surface area contributed by atoms with E-state index in [0.717, 1.165) is 29.5 Å². The molecule has 34 nitrogen and oxygen atoms in total. The number of aliphatic hydroxyl groups excluding tert-OH is 1. The zero-order chi connectivity index (χ0) is 96.3. The number of Topliss-reactive ketones (excluding diaryl/α,β-unsaturated/α-hetero) is 1. The number of hydrogen-bond donors (Lipinski definition) is 14. The highest BCUT2D eigenvalue weighted by molar-refractivity contribution is 6.09. The molecule has 0 saturated heterocycles. The fourth-order valence-electron chi connectivity index (χ4n) is 12.7. The average molecular weight is 1770 g/mol. The van der Waals surface area contributed by atoms with Gasteiger partial charge in [0, 0.05) is 95.3 Å². The van der Waals surface area contributed by atoms with Crippen LogP contribution in [0.5, 0.6) is 11.5 Å². The van der Waals surface area contributed by atoms with Crippen LogP contribution in [0.3, 0.4) is 0 Å². The molecule has 34 heteroatoms. The third-order valence-corrected chi connectivity index (χ3v) is 18.9. The predicted molar refractivity (Wildman–Crippen MR) is 473 cm³/mol. The number of nitrogens with one attached hydrogen (secondary N) is 8. The Morgan fingerprint density at radius 1 is 0.414 bits per heavy atom. The minimum atomic E-state index is -1.33. The molecule has 14 N–H and O–H groups in total. The lowest BCUT2D eigenvalue weighted by Crippen LogP contribution is -2.38. The first kappa shape index (κ1) is 109. The lowest BCUT2D eigenvalue weighted by Gasteiger charge is -2.22. The molecule has 10 rings (SSSR count). The number of ketones is 1. The maximum absolute atomic E-state index is 12.0. The molecule has 0 spiro atoms. The van der Waals surface area contributed by atoms with Crippen LogP contribution in [0, 0.1) is 104 Å². The van der Waals surface area contributed by atoms with Gasteiger partial charge in [-0.2, -0.15) is 0 Å². The molecule has 128 heavy (non-hydrogen) atoms. The van der Waals surface area contributed by atoms with Crippen molar-refractivity contribution in [3.63, 3.8) is 0 Å². The molecule has 0 radical (unpaired) electrons. The standard InChI is InChI=1S/C19H25NO7.C12H11NO3.C11H9NO3.C11H11NO.2C10H13NO3.C10H9NO.C9H11NO5.C2H6/c1-4-6-8-24-12-26-16-10-14(18(21)20-3)15(19(22)23)11-17(16)27-13-25-9-7-5-2;1-3-8-4-5-9(12(16)13-2)10(6-8)11(15)7-14;1-3-7-4-5-8(10(13)12-2)9(6-7)11(14)15;1-4-9-5-6-10(7-8(9)2)11(13)12-3;2*1-11-9(12)7-5-2-3-6(4-5)8(7)10(13)14;1-3-8-4-6-9(7-5-8)10(12)11-2;1-10-8(11)6-7(9(12)13)15-5-3-2-4-14-6;1-2/h4-7,10-11H,8-9,12-13H2,1-3H3,(H,20,21)(H,22,23);1,4-6,14H,7H2,2H3,(H,13,16);1,4-6H,2H3,(H,12,13)(H,14,15);1,5-7H,2-3H3,(H,12,13);2*2-3,5-8H,4H2,1H3,(H,11,12)(H,13,14);1,4-7H,2H3,(H,11,12);2-3H,4-5H2,1H3,(H,10,11)(H,12,13);1-2H3/b;;;;;;;3-2-,7-6-;. The van der Waals surface area contributed by atoms with Crippen molar-refractivity contribution in [3.05, 3.63) is 236 Å². The van der Waals surface area contributed by atoms with Crippen LogP contribution in [0.4, 0.5) is 0 Å². The fraction of sp³-hybridized carbons (Fsp3) is 0.319. The number of carboxylic acids is 5.